The van der Waals surface area contributed by atoms with Crippen molar-refractivity contribution < 1.29 is 33.3 Å². The monoisotopic (exact) mass is 460 g/mol. The zero-order chi connectivity index (χ0) is 23.8. The van der Waals surface area contributed by atoms with E-state index < -0.39 is 0 Å². The summed E-state index contributed by atoms with van der Waals surface area (Å²) < 4.78 is 29.4. The molecule has 3 aliphatic rings. The largest absolute Gasteiger partial charge is 0.487 e. The average Bonchev–Trinajstić information content (AvgIpc) is 3.06. The van der Waals surface area contributed by atoms with Crippen LogP contribution in [0, 0.1) is 13.8 Å². The van der Waals surface area contributed by atoms with E-state index >= 15 is 0 Å². The summed E-state index contributed by atoms with van der Waals surface area (Å²) in [4.78, 5) is 24.0. The normalized spacial score (nSPS) is 26.3. The van der Waals surface area contributed by atoms with Crippen molar-refractivity contribution in [1.82, 2.24) is 0 Å². The van der Waals surface area contributed by atoms with Crippen molar-refractivity contribution >= 4 is 11.9 Å². The standard InChI is InChI=1S/C26H36O7/c1-15-20(25-21(14-26(4,5)33-25)16(2)24(15)30-17(3)27)10-9-18-12-19(13-22(28)31-18)32-23-8-6-7-11-29-23/h18-19,23H,6-14H2,1-5H3. The number of rotatable bonds is 6. The number of benzene rings is 1. The SMILES string of the molecule is CC(=O)Oc1c(C)c(CCC2CC(OC3CCCCO3)CC(=O)O2)c2c(c1C)CC(C)(C)O2. The number of carbonyl (C=O) groups is 2. The molecule has 3 atom stereocenters. The molecule has 3 unspecified atom stereocenters. The number of ether oxygens (including phenoxy) is 5. The second-order valence-electron chi connectivity index (χ2n) is 10.1. The third-order valence-corrected chi connectivity index (χ3v) is 6.78. The minimum absolute atomic E-state index is 0.184. The van der Waals surface area contributed by atoms with Crippen LogP contribution in [0.1, 0.15) is 81.5 Å². The van der Waals surface area contributed by atoms with Crippen LogP contribution < -0.4 is 9.47 Å². The lowest BCUT2D eigenvalue weighted by atomic mass is 9.90. The Balaban J connectivity index is 1.51. The lowest BCUT2D eigenvalue weighted by Crippen LogP contribution is -2.38. The van der Waals surface area contributed by atoms with Crippen LogP contribution in [0.15, 0.2) is 0 Å². The Morgan fingerprint density at radius 1 is 1.18 bits per heavy atom. The summed E-state index contributed by atoms with van der Waals surface area (Å²) in [6.45, 7) is 10.2. The van der Waals surface area contributed by atoms with Gasteiger partial charge in [0.05, 0.1) is 12.5 Å². The molecule has 0 amide bonds. The molecule has 0 spiro atoms. The maximum atomic E-state index is 12.3. The molecule has 4 rings (SSSR count). The zero-order valence-electron chi connectivity index (χ0n) is 20.5. The van der Waals surface area contributed by atoms with Crippen LogP contribution in [0.4, 0.5) is 0 Å². The highest BCUT2D eigenvalue weighted by atomic mass is 16.7. The Morgan fingerprint density at radius 3 is 2.67 bits per heavy atom. The molecular formula is C26H36O7. The van der Waals surface area contributed by atoms with Crippen LogP contribution in [0.3, 0.4) is 0 Å². The summed E-state index contributed by atoms with van der Waals surface area (Å²) in [7, 11) is 0. The predicted molar refractivity (Wildman–Crippen MR) is 122 cm³/mol. The number of hydrogen-bond donors (Lipinski definition) is 0. The van der Waals surface area contributed by atoms with Gasteiger partial charge < -0.3 is 23.7 Å². The molecule has 2 saturated heterocycles. The smallest absolute Gasteiger partial charge is 0.308 e. The molecule has 0 aliphatic carbocycles. The number of carbonyl (C=O) groups excluding carboxylic acids is 2. The van der Waals surface area contributed by atoms with Gasteiger partial charge in [-0.05, 0) is 70.9 Å². The third-order valence-electron chi connectivity index (χ3n) is 6.78. The molecule has 3 aliphatic heterocycles. The summed E-state index contributed by atoms with van der Waals surface area (Å²) in [6, 6.07) is 0. The molecule has 0 aromatic heterocycles. The van der Waals surface area contributed by atoms with E-state index in [1.807, 2.05) is 13.8 Å². The van der Waals surface area contributed by atoms with E-state index in [4.69, 9.17) is 23.7 Å². The van der Waals surface area contributed by atoms with E-state index in [-0.39, 0.29) is 42.5 Å². The molecule has 0 radical (unpaired) electrons. The molecule has 0 saturated carbocycles. The predicted octanol–water partition coefficient (Wildman–Crippen LogP) is 4.49. The first-order valence-electron chi connectivity index (χ1n) is 12.1. The van der Waals surface area contributed by atoms with E-state index in [0.717, 1.165) is 53.7 Å². The van der Waals surface area contributed by atoms with Crippen LogP contribution in [0.25, 0.3) is 0 Å². The topological polar surface area (TPSA) is 80.3 Å². The molecule has 33 heavy (non-hydrogen) atoms. The van der Waals surface area contributed by atoms with E-state index in [2.05, 4.69) is 13.8 Å². The van der Waals surface area contributed by atoms with Crippen LogP contribution in [0.5, 0.6) is 11.5 Å². The third kappa shape index (κ3) is 5.52. The Hall–Kier alpha value is -2.12. The Kier molecular flexibility index (Phi) is 7.01. The molecule has 7 heteroatoms. The Labute approximate surface area is 196 Å². The van der Waals surface area contributed by atoms with Crippen molar-refractivity contribution in [2.45, 2.75) is 110 Å². The summed E-state index contributed by atoms with van der Waals surface area (Å²) in [5.41, 5.74) is 3.65. The zero-order valence-corrected chi connectivity index (χ0v) is 20.5. The second kappa shape index (κ2) is 9.63. The van der Waals surface area contributed by atoms with E-state index in [9.17, 15) is 9.59 Å². The Morgan fingerprint density at radius 2 is 1.97 bits per heavy atom. The molecule has 3 heterocycles. The molecular weight excluding hydrogens is 424 g/mol. The van der Waals surface area contributed by atoms with Crippen molar-refractivity contribution in [3.05, 3.63) is 22.3 Å². The fourth-order valence-corrected chi connectivity index (χ4v) is 5.21. The minimum atomic E-state index is -0.337. The fourth-order valence-electron chi connectivity index (χ4n) is 5.21. The van der Waals surface area contributed by atoms with Gasteiger partial charge in [-0.1, -0.05) is 0 Å². The van der Waals surface area contributed by atoms with Crippen molar-refractivity contribution in [3.63, 3.8) is 0 Å². The second-order valence-corrected chi connectivity index (χ2v) is 10.1. The first kappa shape index (κ1) is 24.0. The van der Waals surface area contributed by atoms with Crippen LogP contribution in [0.2, 0.25) is 0 Å². The van der Waals surface area contributed by atoms with Gasteiger partial charge in [0.1, 0.15) is 23.2 Å². The number of hydrogen-bond acceptors (Lipinski definition) is 7. The summed E-state index contributed by atoms with van der Waals surface area (Å²) in [5.74, 6) is 0.942. The summed E-state index contributed by atoms with van der Waals surface area (Å²) in [5, 5.41) is 0. The van der Waals surface area contributed by atoms with Gasteiger partial charge in [0, 0.05) is 37.5 Å². The Bertz CT molecular complexity index is 914. The molecule has 7 nitrogen and oxygen atoms in total. The number of cyclic esters (lactones) is 1. The van der Waals surface area contributed by atoms with Gasteiger partial charge in [-0.3, -0.25) is 9.59 Å². The fraction of sp³-hybridized carbons (Fsp3) is 0.692. The number of fused-ring (bicyclic) bond motifs is 1. The number of esters is 2. The van der Waals surface area contributed by atoms with Crippen LogP contribution in [-0.4, -0.2) is 42.6 Å². The molecule has 0 bridgehead atoms. The maximum Gasteiger partial charge on any atom is 0.308 e. The summed E-state index contributed by atoms with van der Waals surface area (Å²) >= 11 is 0. The quantitative estimate of drug-likeness (QED) is 0.457. The minimum Gasteiger partial charge on any atom is -0.487 e. The van der Waals surface area contributed by atoms with E-state index in [0.29, 0.717) is 31.6 Å². The molecule has 182 valence electrons. The van der Waals surface area contributed by atoms with Crippen molar-refractivity contribution in [2.24, 2.45) is 0 Å². The molecule has 1 aromatic carbocycles. The van der Waals surface area contributed by atoms with Gasteiger partial charge in [0.25, 0.3) is 0 Å². The first-order valence-corrected chi connectivity index (χ1v) is 12.1. The van der Waals surface area contributed by atoms with Crippen molar-refractivity contribution in [3.8, 4) is 11.5 Å². The van der Waals surface area contributed by atoms with Crippen LogP contribution in [-0.2, 0) is 36.6 Å². The van der Waals surface area contributed by atoms with Gasteiger partial charge in [-0.2, -0.15) is 0 Å². The van der Waals surface area contributed by atoms with Crippen molar-refractivity contribution in [1.29, 1.82) is 0 Å². The first-order chi connectivity index (χ1) is 15.6. The summed E-state index contributed by atoms with van der Waals surface area (Å²) in [6.07, 6.45) is 5.36. The molecule has 2 fully saturated rings. The van der Waals surface area contributed by atoms with Gasteiger partial charge in [-0.15, -0.1) is 0 Å². The van der Waals surface area contributed by atoms with Gasteiger partial charge in [-0.25, -0.2) is 0 Å². The van der Waals surface area contributed by atoms with Gasteiger partial charge in [0.2, 0.25) is 0 Å². The van der Waals surface area contributed by atoms with Crippen molar-refractivity contribution in [2.75, 3.05) is 6.61 Å². The van der Waals surface area contributed by atoms with Gasteiger partial charge >= 0.3 is 11.9 Å². The van der Waals surface area contributed by atoms with E-state index in [1.165, 1.54) is 6.92 Å². The van der Waals surface area contributed by atoms with E-state index in [1.54, 1.807) is 0 Å². The maximum absolute atomic E-state index is 12.3. The highest BCUT2D eigenvalue weighted by Gasteiger charge is 2.37. The molecule has 0 N–H and O–H groups in total. The highest BCUT2D eigenvalue weighted by Crippen LogP contribution is 2.46. The lowest BCUT2D eigenvalue weighted by molar-refractivity contribution is -0.209. The average molecular weight is 461 g/mol. The lowest BCUT2D eigenvalue weighted by Gasteiger charge is -2.33. The van der Waals surface area contributed by atoms with Crippen LogP contribution >= 0.6 is 0 Å². The van der Waals surface area contributed by atoms with Gasteiger partial charge in [0.15, 0.2) is 6.29 Å². The molecule has 1 aromatic rings. The highest BCUT2D eigenvalue weighted by molar-refractivity contribution is 5.72.